The second kappa shape index (κ2) is 12.6. The Kier molecular flexibility index (Phi) is 8.74. The first-order valence-corrected chi connectivity index (χ1v) is 13.9. The van der Waals surface area contributed by atoms with Crippen molar-refractivity contribution in [2.75, 3.05) is 44.8 Å². The Labute approximate surface area is 241 Å². The van der Waals surface area contributed by atoms with Crippen molar-refractivity contribution in [3.05, 3.63) is 89.4 Å². The number of aromatic nitrogens is 2. The predicted octanol–water partition coefficient (Wildman–Crippen LogP) is 4.63. The summed E-state index contributed by atoms with van der Waals surface area (Å²) in [5.74, 6) is -0.287. The van der Waals surface area contributed by atoms with E-state index in [1.54, 1.807) is 24.4 Å². The lowest BCUT2D eigenvalue weighted by molar-refractivity contribution is 0.01000. The molecule has 2 aromatic carbocycles. The molecule has 2 atom stereocenters. The molecule has 2 aliphatic heterocycles. The van der Waals surface area contributed by atoms with Gasteiger partial charge in [-0.25, -0.2) is 4.68 Å². The van der Waals surface area contributed by atoms with E-state index in [1.807, 2.05) is 74.4 Å². The van der Waals surface area contributed by atoms with Crippen LogP contribution in [0.5, 0.6) is 0 Å². The average Bonchev–Trinajstić information content (AvgIpc) is 3.49. The number of ether oxygens (including phenoxy) is 2. The molecule has 0 bridgehead atoms. The molecular weight excluding hydrogens is 516 g/mol. The summed E-state index contributed by atoms with van der Waals surface area (Å²) in [5, 5.41) is 17.1. The van der Waals surface area contributed by atoms with Crippen molar-refractivity contribution in [3.63, 3.8) is 0 Å². The van der Waals surface area contributed by atoms with Gasteiger partial charge in [-0.2, -0.15) is 10.4 Å². The largest absolute Gasteiger partial charge is 0.379 e. The molecule has 5 rings (SSSR count). The van der Waals surface area contributed by atoms with Crippen molar-refractivity contribution < 1.29 is 14.3 Å². The lowest BCUT2D eigenvalue weighted by atomic mass is 9.85. The maximum Gasteiger partial charge on any atom is 0.255 e. The summed E-state index contributed by atoms with van der Waals surface area (Å²) >= 11 is 0. The van der Waals surface area contributed by atoms with Crippen LogP contribution in [-0.4, -0.2) is 72.4 Å². The maximum atomic E-state index is 13.1. The third-order valence-corrected chi connectivity index (χ3v) is 7.61. The lowest BCUT2D eigenvalue weighted by Crippen LogP contribution is -2.39. The van der Waals surface area contributed by atoms with Crippen molar-refractivity contribution in [1.29, 1.82) is 5.26 Å². The minimum Gasteiger partial charge on any atom is -0.379 e. The van der Waals surface area contributed by atoms with Gasteiger partial charge in [-0.15, -0.1) is 0 Å². The van der Waals surface area contributed by atoms with Gasteiger partial charge in [0.2, 0.25) is 0 Å². The average molecular weight is 553 g/mol. The highest BCUT2D eigenvalue weighted by Gasteiger charge is 2.25. The zero-order valence-electron chi connectivity index (χ0n) is 23.8. The van der Waals surface area contributed by atoms with Gasteiger partial charge in [0.25, 0.3) is 5.91 Å². The Balaban J connectivity index is 1.28. The van der Waals surface area contributed by atoms with E-state index in [2.05, 4.69) is 26.4 Å². The molecule has 0 saturated carbocycles. The summed E-state index contributed by atoms with van der Waals surface area (Å²) in [6, 6.07) is 15.2. The highest BCUT2D eigenvalue weighted by atomic mass is 16.5. The Bertz CT molecular complexity index is 1480. The minimum atomic E-state index is -0.684. The van der Waals surface area contributed by atoms with Gasteiger partial charge in [0.05, 0.1) is 55.2 Å². The molecule has 1 amide bonds. The van der Waals surface area contributed by atoms with Gasteiger partial charge in [-0.1, -0.05) is 18.2 Å². The van der Waals surface area contributed by atoms with E-state index in [4.69, 9.17) is 9.47 Å². The number of nitrogens with one attached hydrogen (secondary N) is 1. The number of anilines is 1. The van der Waals surface area contributed by atoms with Crippen LogP contribution in [0, 0.1) is 18.3 Å². The summed E-state index contributed by atoms with van der Waals surface area (Å²) in [4.78, 5) is 19.8. The van der Waals surface area contributed by atoms with Gasteiger partial charge < -0.3 is 14.8 Å². The summed E-state index contributed by atoms with van der Waals surface area (Å²) < 4.78 is 13.5. The SMILES string of the molecule is Cc1ccc(NC(=O)c2cccc(C(C)(C)C#N)c2)cc1-n1cc(C2C=NC=CC2OCCN2CCOCC2)cn1. The molecule has 2 aliphatic rings. The van der Waals surface area contributed by atoms with E-state index in [-0.39, 0.29) is 17.9 Å². The number of aliphatic imine (C=N–C) groups is 1. The molecule has 9 nitrogen and oxygen atoms in total. The standard InChI is InChI=1S/C32H36N6O3/c1-23-7-8-27(36-31(39)24-5-4-6-26(17-24)32(2,3)22-33)18-29(23)38-21-25(19-35-38)28-20-34-10-9-30(28)41-16-13-37-11-14-40-15-12-37/h4-10,17-21,28,30H,11-16H2,1-3H3,(H,36,39). The van der Waals surface area contributed by atoms with Crippen molar-refractivity contribution in [2.45, 2.75) is 38.2 Å². The Morgan fingerprint density at radius 3 is 2.85 bits per heavy atom. The van der Waals surface area contributed by atoms with Crippen LogP contribution in [0.2, 0.25) is 0 Å². The number of aryl methyl sites for hydroxylation is 1. The molecule has 1 saturated heterocycles. The van der Waals surface area contributed by atoms with Gasteiger partial charge in [-0.3, -0.25) is 14.7 Å². The number of carbonyl (C=O) groups excluding carboxylic acids is 1. The number of benzene rings is 2. The number of morpholine rings is 1. The topological polar surface area (TPSA) is 105 Å². The van der Waals surface area contributed by atoms with Crippen LogP contribution in [0.15, 0.2) is 72.1 Å². The number of carbonyl (C=O) groups is 1. The molecule has 0 aliphatic carbocycles. The van der Waals surface area contributed by atoms with Crippen LogP contribution in [0.1, 0.15) is 46.8 Å². The van der Waals surface area contributed by atoms with Crippen LogP contribution < -0.4 is 5.32 Å². The molecule has 3 heterocycles. The second-order valence-electron chi connectivity index (χ2n) is 10.9. The van der Waals surface area contributed by atoms with Gasteiger partial charge >= 0.3 is 0 Å². The normalized spacial score (nSPS) is 19.2. The monoisotopic (exact) mass is 552 g/mol. The first kappa shape index (κ1) is 28.4. The highest BCUT2D eigenvalue weighted by molar-refractivity contribution is 6.04. The number of amides is 1. The first-order valence-electron chi connectivity index (χ1n) is 13.9. The van der Waals surface area contributed by atoms with Crippen LogP contribution in [0.4, 0.5) is 5.69 Å². The molecule has 0 spiro atoms. The fraction of sp³-hybridized carbons (Fsp3) is 0.375. The molecular formula is C32H36N6O3. The molecule has 2 unspecified atom stereocenters. The fourth-order valence-corrected chi connectivity index (χ4v) is 4.95. The summed E-state index contributed by atoms with van der Waals surface area (Å²) in [6.45, 7) is 10.6. The molecule has 1 N–H and O–H groups in total. The van der Waals surface area contributed by atoms with E-state index >= 15 is 0 Å². The predicted molar refractivity (Wildman–Crippen MR) is 159 cm³/mol. The molecule has 3 aromatic rings. The first-order chi connectivity index (χ1) is 19.8. The fourth-order valence-electron chi connectivity index (χ4n) is 4.95. The Morgan fingerprint density at radius 2 is 2.05 bits per heavy atom. The Hall–Kier alpha value is -4.10. The van der Waals surface area contributed by atoms with Gasteiger partial charge in [0, 0.05) is 55.1 Å². The van der Waals surface area contributed by atoms with Crippen molar-refractivity contribution in [1.82, 2.24) is 14.7 Å². The molecule has 41 heavy (non-hydrogen) atoms. The third kappa shape index (κ3) is 6.80. The Morgan fingerprint density at radius 1 is 1.22 bits per heavy atom. The number of nitriles is 1. The van der Waals surface area contributed by atoms with Gasteiger partial charge in [0.15, 0.2) is 0 Å². The van der Waals surface area contributed by atoms with Crippen LogP contribution in [-0.2, 0) is 14.9 Å². The quantitative estimate of drug-likeness (QED) is 0.415. The number of hydrogen-bond acceptors (Lipinski definition) is 7. The summed E-state index contributed by atoms with van der Waals surface area (Å²) in [5.41, 5.74) is 4.15. The van der Waals surface area contributed by atoms with Crippen LogP contribution >= 0.6 is 0 Å². The number of rotatable bonds is 9. The lowest BCUT2D eigenvalue weighted by Gasteiger charge is -2.28. The van der Waals surface area contributed by atoms with Crippen molar-refractivity contribution in [3.8, 4) is 11.8 Å². The van der Waals surface area contributed by atoms with Gasteiger partial charge in [0.1, 0.15) is 0 Å². The molecule has 0 radical (unpaired) electrons. The van der Waals surface area contributed by atoms with Crippen molar-refractivity contribution >= 4 is 17.8 Å². The van der Waals surface area contributed by atoms with Gasteiger partial charge in [-0.05, 0) is 62.2 Å². The maximum absolute atomic E-state index is 13.1. The molecule has 212 valence electrons. The smallest absolute Gasteiger partial charge is 0.255 e. The van der Waals surface area contributed by atoms with E-state index in [9.17, 15) is 10.1 Å². The number of nitrogens with zero attached hydrogens (tertiary/aromatic N) is 5. The van der Waals surface area contributed by atoms with E-state index in [0.29, 0.717) is 17.9 Å². The summed E-state index contributed by atoms with van der Waals surface area (Å²) in [6.07, 6.45) is 9.41. The van der Waals surface area contributed by atoms with E-state index in [1.165, 1.54) is 0 Å². The molecule has 9 heteroatoms. The van der Waals surface area contributed by atoms with E-state index < -0.39 is 5.41 Å². The van der Waals surface area contributed by atoms with E-state index in [0.717, 1.165) is 55.2 Å². The van der Waals surface area contributed by atoms with Crippen molar-refractivity contribution in [2.24, 2.45) is 4.99 Å². The molecule has 1 aromatic heterocycles. The zero-order valence-corrected chi connectivity index (χ0v) is 23.8. The van der Waals surface area contributed by atoms with Crippen LogP contribution in [0.3, 0.4) is 0 Å². The van der Waals surface area contributed by atoms with Crippen LogP contribution in [0.25, 0.3) is 5.69 Å². The number of hydrogen-bond donors (Lipinski definition) is 1. The third-order valence-electron chi connectivity index (χ3n) is 7.61. The zero-order chi connectivity index (χ0) is 28.8. The highest BCUT2D eigenvalue weighted by Crippen LogP contribution is 2.27. The summed E-state index contributed by atoms with van der Waals surface area (Å²) in [7, 11) is 0. The minimum absolute atomic E-state index is 0.0495. The second-order valence-corrected chi connectivity index (χ2v) is 10.9. The molecule has 1 fully saturated rings.